The summed E-state index contributed by atoms with van der Waals surface area (Å²) in [6.45, 7) is 4.00. The molecular formula is C13H15N3. The van der Waals surface area contributed by atoms with Crippen molar-refractivity contribution in [3.05, 3.63) is 59.2 Å². The lowest BCUT2D eigenvalue weighted by Crippen LogP contribution is -2.15. The summed E-state index contributed by atoms with van der Waals surface area (Å²) < 4.78 is 0. The van der Waals surface area contributed by atoms with E-state index in [0.717, 1.165) is 22.5 Å². The molecule has 1 atom stereocenters. The highest BCUT2D eigenvalue weighted by Crippen LogP contribution is 2.20. The molecule has 0 saturated carbocycles. The summed E-state index contributed by atoms with van der Waals surface area (Å²) in [7, 11) is 0. The third kappa shape index (κ3) is 2.09. The van der Waals surface area contributed by atoms with Gasteiger partial charge in [0.25, 0.3) is 0 Å². The highest BCUT2D eigenvalue weighted by Gasteiger charge is 2.12. The molecule has 82 valence electrons. The van der Waals surface area contributed by atoms with Crippen LogP contribution in [-0.4, -0.2) is 9.97 Å². The molecule has 1 unspecified atom stereocenters. The van der Waals surface area contributed by atoms with E-state index in [9.17, 15) is 0 Å². The number of aryl methyl sites for hydroxylation is 2. The maximum atomic E-state index is 6.18. The summed E-state index contributed by atoms with van der Waals surface area (Å²) in [4.78, 5) is 8.54. The number of hydrogen-bond donors (Lipinski definition) is 1. The number of rotatable bonds is 2. The lowest BCUT2D eigenvalue weighted by Gasteiger charge is -2.13. The summed E-state index contributed by atoms with van der Waals surface area (Å²) in [6.07, 6.45) is 3.58. The van der Waals surface area contributed by atoms with E-state index in [4.69, 9.17) is 5.73 Å². The van der Waals surface area contributed by atoms with Crippen LogP contribution in [0.3, 0.4) is 0 Å². The molecule has 2 N–H and O–H groups in total. The second-order valence-electron chi connectivity index (χ2n) is 3.91. The number of pyridine rings is 2. The van der Waals surface area contributed by atoms with Crippen molar-refractivity contribution in [1.29, 1.82) is 0 Å². The highest BCUT2D eigenvalue weighted by atomic mass is 14.8. The van der Waals surface area contributed by atoms with Crippen LogP contribution in [0.4, 0.5) is 0 Å². The Morgan fingerprint density at radius 3 is 2.69 bits per heavy atom. The minimum absolute atomic E-state index is 0.200. The lowest BCUT2D eigenvalue weighted by atomic mass is 10.0. The second-order valence-corrected chi connectivity index (χ2v) is 3.91. The van der Waals surface area contributed by atoms with Crippen molar-refractivity contribution in [3.8, 4) is 0 Å². The quantitative estimate of drug-likeness (QED) is 0.831. The van der Waals surface area contributed by atoms with Gasteiger partial charge in [-0.25, -0.2) is 0 Å². The van der Waals surface area contributed by atoms with Crippen LogP contribution in [0, 0.1) is 13.8 Å². The standard InChI is InChI=1S/C13H15N3/c1-9-6-7-15-8-11(9)13(14)12-5-3-4-10(2)16-12/h3-8,13H,14H2,1-2H3. The Kier molecular flexibility index (Phi) is 2.97. The first-order valence-corrected chi connectivity index (χ1v) is 5.28. The second kappa shape index (κ2) is 4.41. The van der Waals surface area contributed by atoms with Crippen LogP contribution in [-0.2, 0) is 0 Å². The van der Waals surface area contributed by atoms with Gasteiger partial charge in [0.1, 0.15) is 0 Å². The molecule has 0 aromatic carbocycles. The molecule has 0 spiro atoms. The van der Waals surface area contributed by atoms with E-state index < -0.39 is 0 Å². The predicted molar refractivity (Wildman–Crippen MR) is 64.0 cm³/mol. The van der Waals surface area contributed by atoms with Crippen LogP contribution in [0.1, 0.15) is 28.6 Å². The van der Waals surface area contributed by atoms with Gasteiger partial charge in [0.05, 0.1) is 11.7 Å². The molecule has 3 nitrogen and oxygen atoms in total. The van der Waals surface area contributed by atoms with Crippen molar-refractivity contribution in [3.63, 3.8) is 0 Å². The molecule has 0 bridgehead atoms. The average Bonchev–Trinajstić information content (AvgIpc) is 2.29. The van der Waals surface area contributed by atoms with Crippen LogP contribution < -0.4 is 5.73 Å². The molecule has 2 aromatic rings. The van der Waals surface area contributed by atoms with Crippen LogP contribution in [0.25, 0.3) is 0 Å². The van der Waals surface area contributed by atoms with E-state index >= 15 is 0 Å². The Hall–Kier alpha value is -1.74. The summed E-state index contributed by atoms with van der Waals surface area (Å²) >= 11 is 0. The fourth-order valence-electron chi connectivity index (χ4n) is 1.70. The Balaban J connectivity index is 2.39. The van der Waals surface area contributed by atoms with Gasteiger partial charge in [0.15, 0.2) is 0 Å². The largest absolute Gasteiger partial charge is 0.319 e. The molecule has 2 heterocycles. The van der Waals surface area contributed by atoms with Gasteiger partial charge in [-0.2, -0.15) is 0 Å². The van der Waals surface area contributed by atoms with Crippen LogP contribution in [0.5, 0.6) is 0 Å². The van der Waals surface area contributed by atoms with Gasteiger partial charge in [-0.15, -0.1) is 0 Å². The van der Waals surface area contributed by atoms with Crippen molar-refractivity contribution in [2.45, 2.75) is 19.9 Å². The fourth-order valence-corrected chi connectivity index (χ4v) is 1.70. The minimum Gasteiger partial charge on any atom is -0.319 e. The average molecular weight is 213 g/mol. The smallest absolute Gasteiger partial charge is 0.0744 e. The maximum absolute atomic E-state index is 6.18. The van der Waals surface area contributed by atoms with Crippen molar-refractivity contribution in [1.82, 2.24) is 9.97 Å². The number of hydrogen-bond acceptors (Lipinski definition) is 3. The van der Waals surface area contributed by atoms with Gasteiger partial charge in [0.2, 0.25) is 0 Å². The first-order chi connectivity index (χ1) is 7.68. The zero-order chi connectivity index (χ0) is 11.5. The summed E-state index contributed by atoms with van der Waals surface area (Å²) in [5.41, 5.74) is 10.2. The van der Waals surface area contributed by atoms with Gasteiger partial charge in [0, 0.05) is 18.1 Å². The Labute approximate surface area is 95.4 Å². The molecule has 16 heavy (non-hydrogen) atoms. The summed E-state index contributed by atoms with van der Waals surface area (Å²) in [5.74, 6) is 0. The van der Waals surface area contributed by atoms with Crippen LogP contribution in [0.15, 0.2) is 36.7 Å². The summed E-state index contributed by atoms with van der Waals surface area (Å²) in [5, 5.41) is 0. The van der Waals surface area contributed by atoms with Gasteiger partial charge in [-0.3, -0.25) is 9.97 Å². The monoisotopic (exact) mass is 213 g/mol. The molecule has 0 aliphatic rings. The van der Waals surface area contributed by atoms with Crippen molar-refractivity contribution >= 4 is 0 Å². The molecule has 0 fully saturated rings. The zero-order valence-corrected chi connectivity index (χ0v) is 9.51. The third-order valence-electron chi connectivity index (χ3n) is 2.64. The highest BCUT2D eigenvalue weighted by molar-refractivity contribution is 5.31. The normalized spacial score (nSPS) is 12.4. The molecule has 0 radical (unpaired) electrons. The molecule has 0 saturated heterocycles. The zero-order valence-electron chi connectivity index (χ0n) is 9.51. The fraction of sp³-hybridized carbons (Fsp3) is 0.231. The topological polar surface area (TPSA) is 51.8 Å². The van der Waals surface area contributed by atoms with E-state index in [-0.39, 0.29) is 6.04 Å². The maximum Gasteiger partial charge on any atom is 0.0744 e. The minimum atomic E-state index is -0.200. The van der Waals surface area contributed by atoms with Gasteiger partial charge in [-0.05, 0) is 43.2 Å². The van der Waals surface area contributed by atoms with Gasteiger partial charge >= 0.3 is 0 Å². The lowest BCUT2D eigenvalue weighted by molar-refractivity contribution is 0.808. The summed E-state index contributed by atoms with van der Waals surface area (Å²) in [6, 6.07) is 7.65. The molecule has 0 amide bonds. The van der Waals surface area contributed by atoms with Crippen molar-refractivity contribution in [2.75, 3.05) is 0 Å². The van der Waals surface area contributed by atoms with E-state index in [2.05, 4.69) is 9.97 Å². The molecule has 0 aliphatic carbocycles. The molecule has 2 rings (SSSR count). The molecular weight excluding hydrogens is 198 g/mol. The SMILES string of the molecule is Cc1cccc(C(N)c2cnccc2C)n1. The van der Waals surface area contributed by atoms with E-state index in [1.807, 2.05) is 44.3 Å². The number of aromatic nitrogens is 2. The first-order valence-electron chi connectivity index (χ1n) is 5.28. The Morgan fingerprint density at radius 1 is 1.19 bits per heavy atom. The Bertz CT molecular complexity index is 494. The van der Waals surface area contributed by atoms with Crippen molar-refractivity contribution in [2.24, 2.45) is 5.73 Å². The van der Waals surface area contributed by atoms with E-state index in [1.54, 1.807) is 6.20 Å². The predicted octanol–water partition coefficient (Wildman–Crippen LogP) is 2.14. The van der Waals surface area contributed by atoms with Gasteiger partial charge < -0.3 is 5.73 Å². The molecule has 0 aliphatic heterocycles. The van der Waals surface area contributed by atoms with E-state index in [1.165, 1.54) is 0 Å². The number of nitrogens with two attached hydrogens (primary N) is 1. The van der Waals surface area contributed by atoms with Crippen molar-refractivity contribution < 1.29 is 0 Å². The van der Waals surface area contributed by atoms with Crippen LogP contribution in [0.2, 0.25) is 0 Å². The molecule has 2 aromatic heterocycles. The van der Waals surface area contributed by atoms with Gasteiger partial charge in [-0.1, -0.05) is 6.07 Å². The first kappa shape index (κ1) is 10.8. The third-order valence-corrected chi connectivity index (χ3v) is 2.64. The van der Waals surface area contributed by atoms with E-state index in [0.29, 0.717) is 0 Å². The number of nitrogens with zero attached hydrogens (tertiary/aromatic N) is 2. The molecule has 3 heteroatoms. The Morgan fingerprint density at radius 2 is 2.00 bits per heavy atom. The van der Waals surface area contributed by atoms with Crippen LogP contribution >= 0.6 is 0 Å².